The fourth-order valence-corrected chi connectivity index (χ4v) is 8.72. The fourth-order valence-electron chi connectivity index (χ4n) is 8.72. The molecule has 3 aliphatic carbocycles. The SMILES string of the molecule is CO[C@]1(C)[C@@H](C(C)(O)C(C)(C)C)C[C@]2(C)[C@H]3Cc4ccc(O)c5c4[C@@]2(CCN3CC2CC2)[C@H]1O5. The van der Waals surface area contributed by atoms with Gasteiger partial charge in [0.1, 0.15) is 11.7 Å². The van der Waals surface area contributed by atoms with Gasteiger partial charge in [0.2, 0.25) is 0 Å². The standard InChI is InChI=1S/C29H43NO4/c1-25(2,3)28(6,32)20-15-26(4)21-14-18-10-11-19(31)23-22(18)29(26,24(34-23)27(20,5)33-7)12-13-30(21)16-17-8-9-17/h10-11,17,20-21,24,31-32H,8-9,12-16H2,1-7H3/t20-,21+,24-,26+,27+,28?,29-/m0/s1. The molecule has 2 aliphatic heterocycles. The van der Waals surface area contributed by atoms with Gasteiger partial charge < -0.3 is 19.7 Å². The van der Waals surface area contributed by atoms with E-state index in [1.54, 1.807) is 7.11 Å². The van der Waals surface area contributed by atoms with Crippen LogP contribution < -0.4 is 4.74 Å². The average molecular weight is 470 g/mol. The predicted octanol–water partition coefficient (Wildman–Crippen LogP) is 4.66. The van der Waals surface area contributed by atoms with Crippen molar-refractivity contribution in [2.75, 3.05) is 20.2 Å². The Hall–Kier alpha value is -1.30. The summed E-state index contributed by atoms with van der Waals surface area (Å²) in [5, 5.41) is 23.1. The van der Waals surface area contributed by atoms with Gasteiger partial charge in [-0.25, -0.2) is 0 Å². The highest BCUT2D eigenvalue weighted by atomic mass is 16.6. The highest BCUT2D eigenvalue weighted by Crippen LogP contribution is 2.73. The third kappa shape index (κ3) is 2.57. The highest BCUT2D eigenvalue weighted by Gasteiger charge is 2.77. The summed E-state index contributed by atoms with van der Waals surface area (Å²) in [5.41, 5.74) is 0.271. The Balaban J connectivity index is 1.59. The van der Waals surface area contributed by atoms with Crippen molar-refractivity contribution in [1.29, 1.82) is 0 Å². The molecule has 5 nitrogen and oxygen atoms in total. The van der Waals surface area contributed by atoms with E-state index in [-0.39, 0.29) is 34.0 Å². The van der Waals surface area contributed by atoms with Crippen LogP contribution in [-0.2, 0) is 16.6 Å². The van der Waals surface area contributed by atoms with Crippen molar-refractivity contribution in [3.63, 3.8) is 0 Å². The normalized spacial score (nSPS) is 42.6. The zero-order valence-corrected chi connectivity index (χ0v) is 22.1. The van der Waals surface area contributed by atoms with E-state index in [4.69, 9.17) is 9.47 Å². The van der Waals surface area contributed by atoms with Crippen molar-refractivity contribution in [1.82, 2.24) is 4.90 Å². The number of likely N-dealkylation sites (tertiary alicyclic amines) is 1. The highest BCUT2D eigenvalue weighted by molar-refractivity contribution is 5.62. The van der Waals surface area contributed by atoms with E-state index in [0.717, 1.165) is 31.7 Å². The lowest BCUT2D eigenvalue weighted by atomic mass is 9.38. The zero-order chi connectivity index (χ0) is 24.5. The Labute approximate surface area is 204 Å². The maximum absolute atomic E-state index is 12.2. The van der Waals surface area contributed by atoms with Gasteiger partial charge in [-0.1, -0.05) is 33.8 Å². The first-order valence-electron chi connectivity index (χ1n) is 13.3. The molecule has 3 fully saturated rings. The van der Waals surface area contributed by atoms with E-state index in [1.807, 2.05) is 13.0 Å². The molecule has 1 spiro atoms. The van der Waals surface area contributed by atoms with Gasteiger partial charge in [0, 0.05) is 36.6 Å². The largest absolute Gasteiger partial charge is 0.504 e. The van der Waals surface area contributed by atoms with E-state index in [0.29, 0.717) is 11.8 Å². The average Bonchev–Trinajstić information content (AvgIpc) is 3.49. The van der Waals surface area contributed by atoms with Crippen molar-refractivity contribution in [3.05, 3.63) is 23.3 Å². The maximum atomic E-state index is 12.2. The summed E-state index contributed by atoms with van der Waals surface area (Å²) in [6.45, 7) is 15.3. The molecular formula is C29H43NO4. The van der Waals surface area contributed by atoms with Crippen LogP contribution in [0.3, 0.4) is 0 Å². The number of methoxy groups -OCH3 is 1. The molecule has 1 unspecified atom stereocenters. The minimum Gasteiger partial charge on any atom is -0.504 e. The second-order valence-electron chi connectivity index (χ2n) is 13.8. The number of nitrogens with zero attached hydrogens (tertiary/aromatic N) is 1. The lowest BCUT2D eigenvalue weighted by molar-refractivity contribution is -0.270. The number of aromatic hydroxyl groups is 1. The summed E-state index contributed by atoms with van der Waals surface area (Å²) in [6, 6.07) is 4.35. The van der Waals surface area contributed by atoms with Gasteiger partial charge in [0.15, 0.2) is 11.5 Å². The Morgan fingerprint density at radius 1 is 1.18 bits per heavy atom. The summed E-state index contributed by atoms with van der Waals surface area (Å²) in [7, 11) is 1.78. The van der Waals surface area contributed by atoms with Crippen LogP contribution in [0.25, 0.3) is 0 Å². The van der Waals surface area contributed by atoms with Crippen LogP contribution in [0.15, 0.2) is 12.1 Å². The molecule has 1 saturated heterocycles. The van der Waals surface area contributed by atoms with Crippen molar-refractivity contribution in [2.24, 2.45) is 22.7 Å². The smallest absolute Gasteiger partial charge is 0.165 e. The topological polar surface area (TPSA) is 62.2 Å². The van der Waals surface area contributed by atoms with Crippen molar-refractivity contribution < 1.29 is 19.7 Å². The quantitative estimate of drug-likeness (QED) is 0.672. The number of aliphatic hydroxyl groups is 1. The molecule has 5 aliphatic rings. The molecule has 2 bridgehead atoms. The van der Waals surface area contributed by atoms with Gasteiger partial charge in [-0.15, -0.1) is 0 Å². The van der Waals surface area contributed by atoms with Gasteiger partial charge in [-0.2, -0.15) is 0 Å². The molecule has 2 saturated carbocycles. The van der Waals surface area contributed by atoms with E-state index in [1.165, 1.54) is 30.5 Å². The zero-order valence-electron chi connectivity index (χ0n) is 22.1. The molecule has 2 heterocycles. The number of benzene rings is 1. The molecule has 0 amide bonds. The number of hydrogen-bond donors (Lipinski definition) is 2. The first-order valence-corrected chi connectivity index (χ1v) is 13.3. The Bertz CT molecular complexity index is 1030. The lowest BCUT2D eigenvalue weighted by Crippen LogP contribution is -2.79. The number of rotatable bonds is 4. The van der Waals surface area contributed by atoms with Crippen molar-refractivity contribution >= 4 is 0 Å². The maximum Gasteiger partial charge on any atom is 0.165 e. The molecular weight excluding hydrogens is 426 g/mol. The summed E-state index contributed by atoms with van der Waals surface area (Å²) in [6.07, 6.45) is 5.32. The second kappa shape index (κ2) is 6.72. The van der Waals surface area contributed by atoms with E-state index in [9.17, 15) is 10.2 Å². The van der Waals surface area contributed by atoms with Crippen LogP contribution in [0.1, 0.15) is 78.4 Å². The number of phenolic OH excluding ortho intramolecular Hbond substituents is 1. The number of hydrogen-bond acceptors (Lipinski definition) is 5. The first kappa shape index (κ1) is 23.1. The Kier molecular flexibility index (Phi) is 4.57. The van der Waals surface area contributed by atoms with Crippen LogP contribution in [-0.4, -0.2) is 58.7 Å². The van der Waals surface area contributed by atoms with Gasteiger partial charge >= 0.3 is 0 Å². The number of ether oxygens (including phenoxy) is 2. The van der Waals surface area contributed by atoms with Crippen LogP contribution in [0.4, 0.5) is 0 Å². The molecule has 34 heavy (non-hydrogen) atoms. The van der Waals surface area contributed by atoms with Gasteiger partial charge in [0.25, 0.3) is 0 Å². The molecule has 1 aromatic rings. The van der Waals surface area contributed by atoms with Crippen LogP contribution >= 0.6 is 0 Å². The molecule has 188 valence electrons. The monoisotopic (exact) mass is 469 g/mol. The Morgan fingerprint density at radius 2 is 1.88 bits per heavy atom. The minimum atomic E-state index is -0.960. The summed E-state index contributed by atoms with van der Waals surface area (Å²) in [4.78, 5) is 2.77. The van der Waals surface area contributed by atoms with Crippen LogP contribution in [0.5, 0.6) is 11.5 Å². The minimum absolute atomic E-state index is 0.0885. The number of piperidine rings is 1. The molecule has 5 heteroatoms. The third-order valence-corrected chi connectivity index (χ3v) is 11.4. The molecule has 0 aromatic heterocycles. The predicted molar refractivity (Wildman–Crippen MR) is 132 cm³/mol. The van der Waals surface area contributed by atoms with Crippen molar-refractivity contribution in [2.45, 2.75) is 102 Å². The van der Waals surface area contributed by atoms with Gasteiger partial charge in [0.05, 0.1) is 5.60 Å². The molecule has 0 radical (unpaired) electrons. The second-order valence-corrected chi connectivity index (χ2v) is 13.8. The van der Waals surface area contributed by atoms with E-state index in [2.05, 4.69) is 45.6 Å². The van der Waals surface area contributed by atoms with Crippen LogP contribution in [0.2, 0.25) is 0 Å². The van der Waals surface area contributed by atoms with Crippen LogP contribution in [0, 0.1) is 22.7 Å². The summed E-state index contributed by atoms with van der Waals surface area (Å²) in [5.74, 6) is 1.63. The molecule has 7 atom stereocenters. The third-order valence-electron chi connectivity index (χ3n) is 11.4. The molecule has 1 aromatic carbocycles. The first-order chi connectivity index (χ1) is 15.8. The van der Waals surface area contributed by atoms with Crippen molar-refractivity contribution in [3.8, 4) is 11.5 Å². The fraction of sp³-hybridized carbons (Fsp3) is 0.793. The van der Waals surface area contributed by atoms with E-state index >= 15 is 0 Å². The van der Waals surface area contributed by atoms with Gasteiger partial charge in [-0.3, -0.25) is 4.90 Å². The number of phenols is 1. The van der Waals surface area contributed by atoms with Gasteiger partial charge in [-0.05, 0) is 80.9 Å². The van der Waals surface area contributed by atoms with E-state index < -0.39 is 11.2 Å². The summed E-state index contributed by atoms with van der Waals surface area (Å²) < 4.78 is 13.3. The lowest BCUT2D eigenvalue weighted by Gasteiger charge is -2.70. The summed E-state index contributed by atoms with van der Waals surface area (Å²) >= 11 is 0. The molecule has 2 N–H and O–H groups in total. The molecule has 6 rings (SSSR count). The Morgan fingerprint density at radius 3 is 2.50 bits per heavy atom.